The molecule has 0 spiro atoms. The summed E-state index contributed by atoms with van der Waals surface area (Å²) in [7, 11) is 0. The van der Waals surface area contributed by atoms with E-state index in [9.17, 15) is 0 Å². The maximum absolute atomic E-state index is 6.60. The minimum atomic E-state index is -0.262. The van der Waals surface area contributed by atoms with Crippen LogP contribution in [-0.2, 0) is 0 Å². The molecule has 24 heavy (non-hydrogen) atoms. The Balaban J connectivity index is 2.08. The monoisotopic (exact) mass is 342 g/mol. The van der Waals surface area contributed by atoms with Crippen molar-refractivity contribution in [2.24, 2.45) is 5.73 Å². The van der Waals surface area contributed by atoms with Crippen LogP contribution < -0.4 is 43.0 Å². The second kappa shape index (κ2) is 10.6. The van der Waals surface area contributed by atoms with E-state index in [1.54, 1.807) is 0 Å². The first-order valence-corrected chi connectivity index (χ1v) is 9.46. The van der Waals surface area contributed by atoms with Gasteiger partial charge in [-0.1, -0.05) is 6.92 Å². The van der Waals surface area contributed by atoms with Crippen molar-refractivity contribution >= 4 is 0 Å². The Labute approximate surface area is 146 Å². The highest BCUT2D eigenvalue weighted by Gasteiger charge is 2.29. The molecular formula is C16H38N8. The molecule has 0 aromatic heterocycles. The van der Waals surface area contributed by atoms with E-state index in [2.05, 4.69) is 44.1 Å². The van der Waals surface area contributed by atoms with Gasteiger partial charge in [-0.05, 0) is 6.54 Å². The molecule has 3 aliphatic rings. The van der Waals surface area contributed by atoms with E-state index in [1.807, 2.05) is 0 Å². The Morgan fingerprint density at radius 1 is 0.667 bits per heavy atom. The molecule has 8 heteroatoms. The van der Waals surface area contributed by atoms with Gasteiger partial charge in [0.1, 0.15) is 0 Å². The van der Waals surface area contributed by atoms with E-state index in [4.69, 9.17) is 5.73 Å². The van der Waals surface area contributed by atoms with Crippen molar-refractivity contribution in [1.82, 2.24) is 37.2 Å². The summed E-state index contributed by atoms with van der Waals surface area (Å²) in [5.74, 6) is 0. The molecule has 3 saturated heterocycles. The number of rotatable bonds is 2. The molecule has 8 nitrogen and oxygen atoms in total. The van der Waals surface area contributed by atoms with E-state index in [0.29, 0.717) is 0 Å². The standard InChI is InChI=1S/C16H38N8/c1-2-24-16-12-21-6-3-18-9-15(17,10-19-4-7-22-13-16)11-20-5-8-23-14-16/h18-24H,2-14,17H2,1H3. The lowest BCUT2D eigenvalue weighted by atomic mass is 9.98. The Morgan fingerprint density at radius 2 is 1.00 bits per heavy atom. The lowest BCUT2D eigenvalue weighted by Crippen LogP contribution is -2.66. The van der Waals surface area contributed by atoms with Crippen LogP contribution in [-0.4, -0.2) is 96.2 Å². The van der Waals surface area contributed by atoms with Crippen molar-refractivity contribution in [2.45, 2.75) is 18.0 Å². The molecule has 0 radical (unpaired) electrons. The van der Waals surface area contributed by atoms with Crippen molar-refractivity contribution in [1.29, 1.82) is 0 Å². The number of nitrogens with one attached hydrogen (secondary N) is 7. The normalized spacial score (nSPS) is 35.2. The molecule has 9 N–H and O–H groups in total. The first-order chi connectivity index (χ1) is 11.7. The van der Waals surface area contributed by atoms with Crippen molar-refractivity contribution < 1.29 is 0 Å². The second-order valence-corrected chi connectivity index (χ2v) is 7.23. The number of likely N-dealkylation sites (N-methyl/N-ethyl adjacent to an activating group) is 1. The smallest absolute Gasteiger partial charge is 0.0558 e. The molecule has 0 aromatic carbocycles. The van der Waals surface area contributed by atoms with E-state index in [0.717, 1.165) is 85.1 Å². The third-order valence-electron chi connectivity index (χ3n) is 4.81. The van der Waals surface area contributed by atoms with Crippen LogP contribution in [0.3, 0.4) is 0 Å². The average molecular weight is 343 g/mol. The van der Waals surface area contributed by atoms with Crippen LogP contribution in [0.5, 0.6) is 0 Å². The summed E-state index contributed by atoms with van der Waals surface area (Å²) in [5.41, 5.74) is 6.37. The maximum Gasteiger partial charge on any atom is 0.0558 e. The van der Waals surface area contributed by atoms with Gasteiger partial charge in [-0.25, -0.2) is 0 Å². The zero-order valence-corrected chi connectivity index (χ0v) is 15.3. The first kappa shape index (κ1) is 20.0. The zero-order chi connectivity index (χ0) is 17.1. The number of nitrogens with two attached hydrogens (primary N) is 1. The van der Waals surface area contributed by atoms with Gasteiger partial charge in [0.15, 0.2) is 0 Å². The van der Waals surface area contributed by atoms with Gasteiger partial charge in [-0.2, -0.15) is 0 Å². The summed E-state index contributed by atoms with van der Waals surface area (Å²) < 4.78 is 0. The molecule has 3 aliphatic heterocycles. The van der Waals surface area contributed by atoms with E-state index >= 15 is 0 Å². The van der Waals surface area contributed by atoms with Crippen LogP contribution in [0.4, 0.5) is 0 Å². The molecular weight excluding hydrogens is 304 g/mol. The first-order valence-electron chi connectivity index (χ1n) is 9.46. The van der Waals surface area contributed by atoms with Gasteiger partial charge in [-0.15, -0.1) is 0 Å². The maximum atomic E-state index is 6.60. The van der Waals surface area contributed by atoms with Gasteiger partial charge >= 0.3 is 0 Å². The van der Waals surface area contributed by atoms with E-state index in [-0.39, 0.29) is 11.1 Å². The molecule has 0 amide bonds. The second-order valence-electron chi connectivity index (χ2n) is 7.23. The van der Waals surface area contributed by atoms with Gasteiger partial charge in [0.05, 0.1) is 11.1 Å². The molecule has 2 bridgehead atoms. The summed E-state index contributed by atoms with van der Waals surface area (Å²) >= 11 is 0. The quantitative estimate of drug-likeness (QED) is 0.262. The molecule has 0 unspecified atom stereocenters. The molecule has 3 rings (SSSR count). The number of fused-ring (bicyclic) bond motifs is 15. The van der Waals surface area contributed by atoms with Gasteiger partial charge in [0.25, 0.3) is 0 Å². The molecule has 142 valence electrons. The predicted molar refractivity (Wildman–Crippen MR) is 101 cm³/mol. The van der Waals surface area contributed by atoms with Crippen molar-refractivity contribution in [3.63, 3.8) is 0 Å². The Bertz CT molecular complexity index is 294. The van der Waals surface area contributed by atoms with Gasteiger partial charge in [0, 0.05) is 78.5 Å². The molecule has 0 aromatic rings. The Kier molecular flexibility index (Phi) is 8.85. The van der Waals surface area contributed by atoms with Gasteiger partial charge < -0.3 is 43.0 Å². The molecule has 0 aliphatic carbocycles. The van der Waals surface area contributed by atoms with E-state index in [1.165, 1.54) is 0 Å². The Morgan fingerprint density at radius 3 is 1.33 bits per heavy atom. The number of hydrogen-bond donors (Lipinski definition) is 8. The lowest BCUT2D eigenvalue weighted by molar-refractivity contribution is 0.275. The topological polar surface area (TPSA) is 110 Å². The van der Waals surface area contributed by atoms with Crippen LogP contribution in [0.1, 0.15) is 6.92 Å². The van der Waals surface area contributed by atoms with Crippen molar-refractivity contribution in [3.05, 3.63) is 0 Å². The largest absolute Gasteiger partial charge is 0.322 e. The number of hydrogen-bond acceptors (Lipinski definition) is 8. The predicted octanol–water partition coefficient (Wildman–Crippen LogP) is -3.40. The molecule has 0 atom stereocenters. The van der Waals surface area contributed by atoms with Crippen molar-refractivity contribution in [2.75, 3.05) is 85.1 Å². The van der Waals surface area contributed by atoms with E-state index < -0.39 is 0 Å². The third kappa shape index (κ3) is 6.89. The highest BCUT2D eigenvalue weighted by Crippen LogP contribution is 2.02. The summed E-state index contributed by atoms with van der Waals surface area (Å²) in [6.07, 6.45) is 0. The van der Waals surface area contributed by atoms with Crippen LogP contribution in [0.15, 0.2) is 0 Å². The fourth-order valence-corrected chi connectivity index (χ4v) is 3.46. The van der Waals surface area contributed by atoms with Gasteiger partial charge in [-0.3, -0.25) is 0 Å². The summed E-state index contributed by atoms with van der Waals surface area (Å²) in [5, 5.41) is 25.1. The lowest BCUT2D eigenvalue weighted by Gasteiger charge is -2.37. The fraction of sp³-hybridized carbons (Fsp3) is 1.00. The van der Waals surface area contributed by atoms with Crippen LogP contribution in [0.2, 0.25) is 0 Å². The third-order valence-corrected chi connectivity index (χ3v) is 4.81. The van der Waals surface area contributed by atoms with Gasteiger partial charge in [0.2, 0.25) is 0 Å². The minimum Gasteiger partial charge on any atom is -0.322 e. The highest BCUT2D eigenvalue weighted by molar-refractivity contribution is 4.96. The summed E-state index contributed by atoms with van der Waals surface area (Å²) in [6.45, 7) is 14.1. The Hall–Kier alpha value is -0.320. The van der Waals surface area contributed by atoms with Crippen LogP contribution >= 0.6 is 0 Å². The SMILES string of the molecule is CCNC12CNCCNCC(N)(CNCCNC1)CNCCNC2. The summed E-state index contributed by atoms with van der Waals surface area (Å²) in [6, 6.07) is 0. The summed E-state index contributed by atoms with van der Waals surface area (Å²) in [4.78, 5) is 0. The minimum absolute atomic E-state index is 0.0284. The average Bonchev–Trinajstić information content (AvgIpc) is 2.57. The molecule has 3 fully saturated rings. The highest BCUT2D eigenvalue weighted by atomic mass is 15.1. The zero-order valence-electron chi connectivity index (χ0n) is 15.3. The fourth-order valence-electron chi connectivity index (χ4n) is 3.46. The molecule has 3 heterocycles. The van der Waals surface area contributed by atoms with Crippen LogP contribution in [0.25, 0.3) is 0 Å². The van der Waals surface area contributed by atoms with Crippen molar-refractivity contribution in [3.8, 4) is 0 Å². The van der Waals surface area contributed by atoms with Crippen LogP contribution in [0, 0.1) is 0 Å². The molecule has 0 saturated carbocycles.